The second-order valence-corrected chi connectivity index (χ2v) is 5.60. The number of benzene rings is 1. The van der Waals surface area contributed by atoms with Crippen molar-refractivity contribution in [2.45, 2.75) is 20.3 Å². The molecular weight excluding hydrogens is 306 g/mol. The summed E-state index contributed by atoms with van der Waals surface area (Å²) in [5.74, 6) is -0.0136. The monoisotopic (exact) mass is 325 g/mol. The van der Waals surface area contributed by atoms with Gasteiger partial charge in [0.25, 0.3) is 0 Å². The number of aromatic nitrogens is 1. The summed E-state index contributed by atoms with van der Waals surface area (Å²) in [6, 6.07) is 6.27. The van der Waals surface area contributed by atoms with Crippen LogP contribution in [0, 0.1) is 13.8 Å². The lowest BCUT2D eigenvalue weighted by Gasteiger charge is -2.03. The Labute approximate surface area is 135 Å². The van der Waals surface area contributed by atoms with Crippen molar-refractivity contribution in [1.29, 1.82) is 0 Å². The molecule has 2 N–H and O–H groups in total. The SMILES string of the molecule is CNCCC(=O)Nc1nc(-c2ccc(C)c(C)c2)cs1.Cl. The van der Waals surface area contributed by atoms with Crippen molar-refractivity contribution in [3.63, 3.8) is 0 Å². The maximum atomic E-state index is 11.6. The van der Waals surface area contributed by atoms with Gasteiger partial charge in [0.2, 0.25) is 5.91 Å². The Balaban J connectivity index is 0.00000220. The van der Waals surface area contributed by atoms with Crippen molar-refractivity contribution in [3.8, 4) is 11.3 Å². The number of nitrogens with zero attached hydrogens (tertiary/aromatic N) is 1. The largest absolute Gasteiger partial charge is 0.319 e. The molecule has 4 nitrogen and oxygen atoms in total. The zero-order valence-electron chi connectivity index (χ0n) is 12.4. The third kappa shape index (κ3) is 4.81. The average molecular weight is 326 g/mol. The number of rotatable bonds is 5. The van der Waals surface area contributed by atoms with Crippen LogP contribution < -0.4 is 10.6 Å². The van der Waals surface area contributed by atoms with E-state index in [1.54, 1.807) is 0 Å². The van der Waals surface area contributed by atoms with Crippen molar-refractivity contribution in [3.05, 3.63) is 34.7 Å². The third-order valence-electron chi connectivity index (χ3n) is 3.16. The maximum absolute atomic E-state index is 11.6. The number of halogens is 1. The van der Waals surface area contributed by atoms with Crippen molar-refractivity contribution in [2.75, 3.05) is 18.9 Å². The highest BCUT2D eigenvalue weighted by Crippen LogP contribution is 2.26. The number of hydrogen-bond acceptors (Lipinski definition) is 4. The fourth-order valence-corrected chi connectivity index (χ4v) is 2.52. The van der Waals surface area contributed by atoms with E-state index in [9.17, 15) is 4.79 Å². The van der Waals surface area contributed by atoms with Gasteiger partial charge in [-0.05, 0) is 38.1 Å². The quantitative estimate of drug-likeness (QED) is 0.886. The zero-order chi connectivity index (χ0) is 14.5. The number of anilines is 1. The van der Waals surface area contributed by atoms with Crippen LogP contribution in [0.1, 0.15) is 17.5 Å². The van der Waals surface area contributed by atoms with Crippen LogP contribution >= 0.6 is 23.7 Å². The molecule has 0 aliphatic carbocycles. The molecule has 1 aromatic carbocycles. The topological polar surface area (TPSA) is 54.0 Å². The van der Waals surface area contributed by atoms with Crippen LogP contribution in [0.15, 0.2) is 23.6 Å². The van der Waals surface area contributed by atoms with E-state index in [1.165, 1.54) is 22.5 Å². The standard InChI is InChI=1S/C15H19N3OS.ClH/c1-10-4-5-12(8-11(10)2)13-9-20-15(17-13)18-14(19)6-7-16-3;/h4-5,8-9,16H,6-7H2,1-3H3,(H,17,18,19);1H. The van der Waals surface area contributed by atoms with E-state index in [0.29, 0.717) is 18.1 Å². The molecule has 21 heavy (non-hydrogen) atoms. The Morgan fingerprint density at radius 1 is 1.29 bits per heavy atom. The van der Waals surface area contributed by atoms with Crippen LogP contribution in [0.2, 0.25) is 0 Å². The summed E-state index contributed by atoms with van der Waals surface area (Å²) >= 11 is 1.45. The molecule has 0 aliphatic rings. The van der Waals surface area contributed by atoms with Crippen LogP contribution in [-0.2, 0) is 4.79 Å². The molecule has 0 saturated heterocycles. The number of aryl methyl sites for hydroxylation is 2. The van der Waals surface area contributed by atoms with Crippen LogP contribution in [0.3, 0.4) is 0 Å². The molecule has 0 unspecified atom stereocenters. The van der Waals surface area contributed by atoms with Gasteiger partial charge in [-0.1, -0.05) is 12.1 Å². The Morgan fingerprint density at radius 3 is 2.71 bits per heavy atom. The Bertz CT molecular complexity index is 613. The molecule has 0 spiro atoms. The summed E-state index contributed by atoms with van der Waals surface area (Å²) in [6.07, 6.45) is 0.453. The van der Waals surface area contributed by atoms with E-state index in [0.717, 1.165) is 11.3 Å². The van der Waals surface area contributed by atoms with E-state index >= 15 is 0 Å². The molecule has 2 rings (SSSR count). The predicted octanol–water partition coefficient (Wildman–Crippen LogP) is 3.40. The minimum absolute atomic E-state index is 0. The highest BCUT2D eigenvalue weighted by atomic mass is 35.5. The zero-order valence-corrected chi connectivity index (χ0v) is 14.0. The van der Waals surface area contributed by atoms with Gasteiger partial charge in [0, 0.05) is 23.9 Å². The van der Waals surface area contributed by atoms with Gasteiger partial charge >= 0.3 is 0 Å². The Morgan fingerprint density at radius 2 is 2.05 bits per heavy atom. The van der Waals surface area contributed by atoms with Crippen LogP contribution in [-0.4, -0.2) is 24.5 Å². The summed E-state index contributed by atoms with van der Waals surface area (Å²) in [7, 11) is 1.83. The maximum Gasteiger partial charge on any atom is 0.227 e. The van der Waals surface area contributed by atoms with Gasteiger partial charge in [-0.25, -0.2) is 4.98 Å². The number of thiazole rings is 1. The smallest absolute Gasteiger partial charge is 0.227 e. The predicted molar refractivity (Wildman–Crippen MR) is 91.4 cm³/mol. The van der Waals surface area contributed by atoms with Crippen molar-refractivity contribution < 1.29 is 4.79 Å². The summed E-state index contributed by atoms with van der Waals surface area (Å²) in [4.78, 5) is 16.1. The molecule has 1 aromatic heterocycles. The van der Waals surface area contributed by atoms with Crippen molar-refractivity contribution in [1.82, 2.24) is 10.3 Å². The summed E-state index contributed by atoms with van der Waals surface area (Å²) in [6.45, 7) is 4.85. The van der Waals surface area contributed by atoms with Crippen LogP contribution in [0.5, 0.6) is 0 Å². The van der Waals surface area contributed by atoms with Crippen LogP contribution in [0.4, 0.5) is 5.13 Å². The highest BCUT2D eigenvalue weighted by molar-refractivity contribution is 7.14. The molecule has 0 saturated carbocycles. The molecule has 1 heterocycles. The molecule has 0 atom stereocenters. The Hall–Kier alpha value is -1.43. The average Bonchev–Trinajstić information content (AvgIpc) is 2.88. The van der Waals surface area contributed by atoms with E-state index in [4.69, 9.17) is 0 Å². The first kappa shape index (κ1) is 17.6. The fraction of sp³-hybridized carbons (Fsp3) is 0.333. The first-order valence-electron chi connectivity index (χ1n) is 6.57. The summed E-state index contributed by atoms with van der Waals surface area (Å²) in [5.41, 5.74) is 4.50. The lowest BCUT2D eigenvalue weighted by Crippen LogP contribution is -2.18. The summed E-state index contributed by atoms with van der Waals surface area (Å²) < 4.78 is 0. The van der Waals surface area contributed by atoms with E-state index in [-0.39, 0.29) is 18.3 Å². The number of amides is 1. The first-order valence-corrected chi connectivity index (χ1v) is 7.45. The van der Waals surface area contributed by atoms with Gasteiger partial charge in [-0.15, -0.1) is 23.7 Å². The molecule has 0 fully saturated rings. The normalized spacial score (nSPS) is 10.0. The van der Waals surface area contributed by atoms with Gasteiger partial charge in [0.1, 0.15) is 0 Å². The lowest BCUT2D eigenvalue weighted by atomic mass is 10.1. The van der Waals surface area contributed by atoms with Gasteiger partial charge in [0.05, 0.1) is 5.69 Å². The lowest BCUT2D eigenvalue weighted by molar-refractivity contribution is -0.116. The van der Waals surface area contributed by atoms with Crippen LogP contribution in [0.25, 0.3) is 11.3 Å². The number of carbonyl (C=O) groups is 1. The molecule has 2 aromatic rings. The minimum atomic E-state index is -0.0136. The first-order chi connectivity index (χ1) is 9.60. The van der Waals surface area contributed by atoms with Crippen molar-refractivity contribution >= 4 is 34.8 Å². The highest BCUT2D eigenvalue weighted by Gasteiger charge is 2.08. The number of hydrogen-bond donors (Lipinski definition) is 2. The van der Waals surface area contributed by atoms with Gasteiger partial charge < -0.3 is 10.6 Å². The van der Waals surface area contributed by atoms with Gasteiger partial charge in [0.15, 0.2) is 5.13 Å². The fourth-order valence-electron chi connectivity index (χ4n) is 1.78. The number of nitrogens with one attached hydrogen (secondary N) is 2. The molecule has 6 heteroatoms. The van der Waals surface area contributed by atoms with E-state index in [2.05, 4.69) is 47.7 Å². The van der Waals surface area contributed by atoms with Gasteiger partial charge in [-0.2, -0.15) is 0 Å². The van der Waals surface area contributed by atoms with E-state index < -0.39 is 0 Å². The Kier molecular flexibility index (Phi) is 6.81. The van der Waals surface area contributed by atoms with E-state index in [1.807, 2.05) is 12.4 Å². The molecule has 0 bridgehead atoms. The number of carbonyl (C=O) groups excluding carboxylic acids is 1. The second kappa shape index (κ2) is 8.12. The second-order valence-electron chi connectivity index (χ2n) is 4.74. The molecule has 114 valence electrons. The van der Waals surface area contributed by atoms with Crippen molar-refractivity contribution in [2.24, 2.45) is 0 Å². The molecule has 0 radical (unpaired) electrons. The molecule has 0 aliphatic heterocycles. The summed E-state index contributed by atoms with van der Waals surface area (Å²) in [5, 5.41) is 8.39. The molecular formula is C15H20ClN3OS. The molecule has 1 amide bonds. The minimum Gasteiger partial charge on any atom is -0.319 e. The third-order valence-corrected chi connectivity index (χ3v) is 3.91. The van der Waals surface area contributed by atoms with Gasteiger partial charge in [-0.3, -0.25) is 4.79 Å².